The zero-order valence-electron chi connectivity index (χ0n) is 12.4. The normalized spacial score (nSPS) is 16.8. The van der Waals surface area contributed by atoms with Crippen LogP contribution in [-0.4, -0.2) is 29.7 Å². The van der Waals surface area contributed by atoms with Crippen LogP contribution >= 0.6 is 15.9 Å². The van der Waals surface area contributed by atoms with Crippen molar-refractivity contribution in [2.24, 2.45) is 0 Å². The van der Waals surface area contributed by atoms with E-state index in [0.29, 0.717) is 17.9 Å². The van der Waals surface area contributed by atoms with Gasteiger partial charge < -0.3 is 14.2 Å². The van der Waals surface area contributed by atoms with Gasteiger partial charge in [0.1, 0.15) is 11.3 Å². The molecule has 0 aromatic heterocycles. The maximum atomic E-state index is 11.9. The zero-order chi connectivity index (χ0) is 16.2. The highest BCUT2D eigenvalue weighted by atomic mass is 79.9. The standard InChI is InChI=1S/C16H17BrO5/c1-16(2)21-14(18)13(15(19)22-16)10-11-5-3-6-12(9-11)20-8-4-7-17/h3,5-6,9-10H,4,7-8H2,1-2H3. The minimum atomic E-state index is -1.23. The van der Waals surface area contributed by atoms with Crippen LogP contribution in [-0.2, 0) is 19.1 Å². The molecule has 0 unspecified atom stereocenters. The smallest absolute Gasteiger partial charge is 0.348 e. The molecule has 0 radical (unpaired) electrons. The second-order valence-corrected chi connectivity index (χ2v) is 5.99. The Labute approximate surface area is 137 Å². The SMILES string of the molecule is CC1(C)OC(=O)C(=Cc2cccc(OCCCBr)c2)C(=O)O1. The van der Waals surface area contributed by atoms with Crippen molar-refractivity contribution >= 4 is 33.9 Å². The fourth-order valence-corrected chi connectivity index (χ4v) is 2.11. The fourth-order valence-electron chi connectivity index (χ4n) is 1.88. The van der Waals surface area contributed by atoms with E-state index in [-0.39, 0.29) is 5.57 Å². The van der Waals surface area contributed by atoms with Crippen molar-refractivity contribution < 1.29 is 23.8 Å². The van der Waals surface area contributed by atoms with E-state index in [1.54, 1.807) is 18.2 Å². The summed E-state index contributed by atoms with van der Waals surface area (Å²) in [4.78, 5) is 23.8. The molecule has 0 aliphatic carbocycles. The highest BCUT2D eigenvalue weighted by Gasteiger charge is 2.38. The largest absolute Gasteiger partial charge is 0.494 e. The highest BCUT2D eigenvalue weighted by Crippen LogP contribution is 2.25. The van der Waals surface area contributed by atoms with Gasteiger partial charge in [-0.15, -0.1) is 0 Å². The number of hydrogen-bond donors (Lipinski definition) is 0. The van der Waals surface area contributed by atoms with Crippen LogP contribution in [0.2, 0.25) is 0 Å². The summed E-state index contributed by atoms with van der Waals surface area (Å²) >= 11 is 3.33. The quantitative estimate of drug-likeness (QED) is 0.263. The van der Waals surface area contributed by atoms with Gasteiger partial charge in [-0.2, -0.15) is 0 Å². The van der Waals surface area contributed by atoms with Crippen LogP contribution in [0.5, 0.6) is 5.75 Å². The summed E-state index contributed by atoms with van der Waals surface area (Å²) in [6.07, 6.45) is 2.33. The first-order chi connectivity index (χ1) is 10.4. The zero-order valence-corrected chi connectivity index (χ0v) is 14.0. The molecule has 0 N–H and O–H groups in total. The van der Waals surface area contributed by atoms with Gasteiger partial charge in [-0.1, -0.05) is 28.1 Å². The average Bonchev–Trinajstić information content (AvgIpc) is 2.43. The van der Waals surface area contributed by atoms with Gasteiger partial charge in [0.15, 0.2) is 0 Å². The molecular formula is C16H17BrO5. The van der Waals surface area contributed by atoms with E-state index >= 15 is 0 Å². The van der Waals surface area contributed by atoms with E-state index in [4.69, 9.17) is 14.2 Å². The number of halogens is 1. The lowest BCUT2D eigenvalue weighted by molar-refractivity contribution is -0.222. The van der Waals surface area contributed by atoms with Gasteiger partial charge in [-0.05, 0) is 30.2 Å². The molecule has 5 nitrogen and oxygen atoms in total. The Morgan fingerprint density at radius 1 is 1.23 bits per heavy atom. The van der Waals surface area contributed by atoms with Crippen molar-refractivity contribution in [3.63, 3.8) is 0 Å². The summed E-state index contributed by atoms with van der Waals surface area (Å²) in [6.45, 7) is 3.61. The third kappa shape index (κ3) is 4.34. The van der Waals surface area contributed by atoms with Gasteiger partial charge in [0.2, 0.25) is 0 Å². The number of benzene rings is 1. The molecule has 0 bridgehead atoms. The Bertz CT molecular complexity index is 584. The second-order valence-electron chi connectivity index (χ2n) is 5.20. The summed E-state index contributed by atoms with van der Waals surface area (Å²) in [7, 11) is 0. The van der Waals surface area contributed by atoms with E-state index in [9.17, 15) is 9.59 Å². The number of carbonyl (C=O) groups is 2. The lowest BCUT2D eigenvalue weighted by Gasteiger charge is -2.29. The predicted molar refractivity (Wildman–Crippen MR) is 84.6 cm³/mol. The molecule has 0 atom stereocenters. The number of alkyl halides is 1. The maximum Gasteiger partial charge on any atom is 0.348 e. The fraction of sp³-hybridized carbons (Fsp3) is 0.375. The van der Waals surface area contributed by atoms with Crippen molar-refractivity contribution in [3.8, 4) is 5.75 Å². The van der Waals surface area contributed by atoms with Crippen LogP contribution in [0.1, 0.15) is 25.8 Å². The van der Waals surface area contributed by atoms with Gasteiger partial charge in [-0.3, -0.25) is 0 Å². The average molecular weight is 369 g/mol. The molecule has 22 heavy (non-hydrogen) atoms. The van der Waals surface area contributed by atoms with Crippen molar-refractivity contribution in [2.45, 2.75) is 26.1 Å². The summed E-state index contributed by atoms with van der Waals surface area (Å²) in [5, 5.41) is 0.865. The van der Waals surface area contributed by atoms with Gasteiger partial charge in [0, 0.05) is 19.2 Å². The maximum absolute atomic E-state index is 11.9. The monoisotopic (exact) mass is 368 g/mol. The molecule has 1 aromatic carbocycles. The Balaban J connectivity index is 2.16. The van der Waals surface area contributed by atoms with Crippen LogP contribution in [0.15, 0.2) is 29.8 Å². The number of hydrogen-bond acceptors (Lipinski definition) is 5. The van der Waals surface area contributed by atoms with E-state index in [0.717, 1.165) is 11.8 Å². The first kappa shape index (κ1) is 16.5. The van der Waals surface area contributed by atoms with E-state index < -0.39 is 17.7 Å². The van der Waals surface area contributed by atoms with Gasteiger partial charge in [0.05, 0.1) is 6.61 Å². The van der Waals surface area contributed by atoms with Gasteiger partial charge in [-0.25, -0.2) is 9.59 Å². The second kappa shape index (κ2) is 6.96. The Morgan fingerprint density at radius 2 is 1.91 bits per heavy atom. The van der Waals surface area contributed by atoms with Crippen molar-refractivity contribution in [1.82, 2.24) is 0 Å². The first-order valence-electron chi connectivity index (χ1n) is 6.88. The number of carbonyl (C=O) groups excluding carboxylic acids is 2. The molecular weight excluding hydrogens is 352 g/mol. The lowest BCUT2D eigenvalue weighted by Crippen LogP contribution is -2.41. The third-order valence-corrected chi connectivity index (χ3v) is 3.39. The van der Waals surface area contributed by atoms with Crippen molar-refractivity contribution in [2.75, 3.05) is 11.9 Å². The molecule has 0 spiro atoms. The number of esters is 2. The van der Waals surface area contributed by atoms with Crippen LogP contribution in [0.3, 0.4) is 0 Å². The van der Waals surface area contributed by atoms with Crippen molar-refractivity contribution in [3.05, 3.63) is 35.4 Å². The third-order valence-electron chi connectivity index (χ3n) is 2.83. The van der Waals surface area contributed by atoms with E-state index in [2.05, 4.69) is 15.9 Å². The van der Waals surface area contributed by atoms with Crippen LogP contribution in [0.25, 0.3) is 6.08 Å². The molecule has 1 saturated heterocycles. The molecule has 1 aliphatic heterocycles. The van der Waals surface area contributed by atoms with Gasteiger partial charge >= 0.3 is 11.9 Å². The topological polar surface area (TPSA) is 61.8 Å². The molecule has 1 aromatic rings. The number of cyclic esters (lactones) is 2. The molecule has 1 fully saturated rings. The number of ether oxygens (including phenoxy) is 3. The van der Waals surface area contributed by atoms with E-state index in [1.807, 2.05) is 6.07 Å². The summed E-state index contributed by atoms with van der Waals surface area (Å²) in [6, 6.07) is 7.13. The molecule has 0 saturated carbocycles. The number of rotatable bonds is 5. The summed E-state index contributed by atoms with van der Waals surface area (Å²) < 4.78 is 15.7. The molecule has 1 aliphatic rings. The first-order valence-corrected chi connectivity index (χ1v) is 8.00. The highest BCUT2D eigenvalue weighted by molar-refractivity contribution is 9.09. The molecule has 6 heteroatoms. The molecule has 2 rings (SSSR count). The summed E-state index contributed by atoms with van der Waals surface area (Å²) in [5.41, 5.74) is 0.539. The van der Waals surface area contributed by atoms with Crippen molar-refractivity contribution in [1.29, 1.82) is 0 Å². The Morgan fingerprint density at radius 3 is 2.55 bits per heavy atom. The molecule has 1 heterocycles. The van der Waals surface area contributed by atoms with Gasteiger partial charge in [0.25, 0.3) is 5.79 Å². The predicted octanol–water partition coefficient (Wildman–Crippen LogP) is 3.07. The minimum absolute atomic E-state index is 0.128. The summed E-state index contributed by atoms with van der Waals surface area (Å²) in [5.74, 6) is -1.93. The van der Waals surface area contributed by atoms with E-state index in [1.165, 1.54) is 19.9 Å². The Hall–Kier alpha value is -1.82. The van der Waals surface area contributed by atoms with Crippen LogP contribution in [0, 0.1) is 0 Å². The van der Waals surface area contributed by atoms with Crippen LogP contribution < -0.4 is 4.74 Å². The molecule has 118 valence electrons. The van der Waals surface area contributed by atoms with Crippen LogP contribution in [0.4, 0.5) is 0 Å². The Kier molecular flexibility index (Phi) is 5.24. The lowest BCUT2D eigenvalue weighted by atomic mass is 10.1. The molecule has 0 amide bonds. The minimum Gasteiger partial charge on any atom is -0.494 e.